The van der Waals surface area contributed by atoms with Crippen LogP contribution < -0.4 is 9.64 Å². The zero-order valence-corrected chi connectivity index (χ0v) is 23.9. The number of methoxy groups -OCH3 is 1. The second-order valence-electron chi connectivity index (χ2n) is 9.76. The molecule has 3 N–H and O–H groups in total. The highest BCUT2D eigenvalue weighted by Crippen LogP contribution is 2.62. The fourth-order valence-corrected chi connectivity index (χ4v) is 7.73. The van der Waals surface area contributed by atoms with Crippen molar-refractivity contribution in [2.45, 2.75) is 68.3 Å². The normalized spacial score (nSPS) is 17.9. The molecule has 0 amide bonds. The number of hydrogen-bond acceptors (Lipinski definition) is 8. The van der Waals surface area contributed by atoms with Gasteiger partial charge in [0.15, 0.2) is 6.10 Å². The molecule has 0 bridgehead atoms. The first-order valence-corrected chi connectivity index (χ1v) is 15.8. The van der Waals surface area contributed by atoms with Crippen LogP contribution in [0.2, 0.25) is 0 Å². The molecular formula is C28H41NO6S2. The number of anilines is 2. The third-order valence-electron chi connectivity index (χ3n) is 6.95. The quantitative estimate of drug-likeness (QED) is 0.193. The highest BCUT2D eigenvalue weighted by atomic mass is 32.3. The van der Waals surface area contributed by atoms with Gasteiger partial charge in [0.05, 0.1) is 22.6 Å². The summed E-state index contributed by atoms with van der Waals surface area (Å²) in [6, 6.07) is 13.7. The van der Waals surface area contributed by atoms with Crippen molar-refractivity contribution in [2.24, 2.45) is 5.41 Å². The number of aliphatic hydroxyl groups is 1. The van der Waals surface area contributed by atoms with Gasteiger partial charge in [-0.3, -0.25) is 9.11 Å². The second-order valence-corrected chi connectivity index (χ2v) is 12.7. The van der Waals surface area contributed by atoms with Crippen LogP contribution >= 0.6 is 22.4 Å². The molecule has 0 spiro atoms. The molecule has 1 aliphatic heterocycles. The van der Waals surface area contributed by atoms with Crippen molar-refractivity contribution < 1.29 is 28.5 Å². The number of hydrogen-bond donors (Lipinski definition) is 3. The van der Waals surface area contributed by atoms with Crippen LogP contribution in [0, 0.1) is 5.41 Å². The molecule has 7 nitrogen and oxygen atoms in total. The third kappa shape index (κ3) is 7.15. The summed E-state index contributed by atoms with van der Waals surface area (Å²) in [4.78, 5) is 15.1. The lowest BCUT2D eigenvalue weighted by atomic mass is 9.79. The number of aliphatic hydroxyl groups excluding tert-OH is 1. The predicted octanol–water partition coefficient (Wildman–Crippen LogP) is 6.95. The van der Waals surface area contributed by atoms with E-state index in [-0.39, 0.29) is 12.0 Å². The van der Waals surface area contributed by atoms with Crippen LogP contribution in [-0.4, -0.2) is 58.6 Å². The first-order valence-electron chi connectivity index (χ1n) is 12.9. The average molecular weight is 552 g/mol. The number of para-hydroxylation sites is 1. The van der Waals surface area contributed by atoms with Gasteiger partial charge in [0, 0.05) is 29.5 Å². The Morgan fingerprint density at radius 2 is 1.78 bits per heavy atom. The van der Waals surface area contributed by atoms with Crippen LogP contribution in [-0.2, 0) is 9.53 Å². The Bertz CT molecular complexity index is 1020. The van der Waals surface area contributed by atoms with Crippen LogP contribution in [0.1, 0.15) is 52.4 Å². The molecule has 3 rings (SSSR count). The lowest BCUT2D eigenvalue weighted by Crippen LogP contribution is -2.37. The lowest BCUT2D eigenvalue weighted by molar-refractivity contribution is -0.151. The maximum Gasteiger partial charge on any atom is 0.338 e. The van der Waals surface area contributed by atoms with Gasteiger partial charge >= 0.3 is 5.97 Å². The van der Waals surface area contributed by atoms with E-state index in [1.165, 1.54) is 18.9 Å². The van der Waals surface area contributed by atoms with Crippen molar-refractivity contribution in [3.05, 3.63) is 42.5 Å². The Morgan fingerprint density at radius 3 is 2.35 bits per heavy atom. The Hall–Kier alpha value is -1.91. The summed E-state index contributed by atoms with van der Waals surface area (Å²) in [7, 11) is -1.97. The largest absolute Gasteiger partial charge is 0.489 e. The minimum atomic E-state index is -3.18. The maximum atomic E-state index is 11.7. The smallest absolute Gasteiger partial charge is 0.338 e. The number of carbonyl (C=O) groups excluding carboxylic acids is 1. The van der Waals surface area contributed by atoms with E-state index in [0.717, 1.165) is 54.8 Å². The first-order chi connectivity index (χ1) is 17.7. The molecule has 2 aromatic rings. The third-order valence-corrected chi connectivity index (χ3v) is 9.75. The summed E-state index contributed by atoms with van der Waals surface area (Å²) in [6.45, 7) is 4.73. The van der Waals surface area contributed by atoms with Crippen molar-refractivity contribution in [1.29, 1.82) is 0 Å². The number of thioether (sulfide) groups is 1. The highest BCUT2D eigenvalue weighted by Gasteiger charge is 2.42. The van der Waals surface area contributed by atoms with Crippen molar-refractivity contribution in [2.75, 3.05) is 37.2 Å². The average Bonchev–Trinajstić information content (AvgIpc) is 3.00. The van der Waals surface area contributed by atoms with E-state index in [9.17, 15) is 19.0 Å². The van der Waals surface area contributed by atoms with Crippen molar-refractivity contribution >= 4 is 39.7 Å². The zero-order valence-electron chi connectivity index (χ0n) is 22.3. The predicted molar refractivity (Wildman–Crippen MR) is 153 cm³/mol. The lowest BCUT2D eigenvalue weighted by Gasteiger charge is -2.42. The molecule has 0 aromatic heterocycles. The van der Waals surface area contributed by atoms with Crippen molar-refractivity contribution in [1.82, 2.24) is 0 Å². The molecule has 37 heavy (non-hydrogen) atoms. The summed E-state index contributed by atoms with van der Waals surface area (Å²) in [5, 5.41) is 10.0. The molecule has 1 atom stereocenters. The van der Waals surface area contributed by atoms with Crippen LogP contribution in [0.4, 0.5) is 11.4 Å². The topological polar surface area (TPSA) is 99.5 Å². The van der Waals surface area contributed by atoms with E-state index < -0.39 is 22.7 Å². The molecule has 0 radical (unpaired) electrons. The number of fused-ring (bicyclic) bond motifs is 1. The molecule has 0 aliphatic carbocycles. The highest BCUT2D eigenvalue weighted by molar-refractivity contribution is 8.24. The van der Waals surface area contributed by atoms with Gasteiger partial charge in [0.2, 0.25) is 0 Å². The van der Waals surface area contributed by atoms with E-state index in [1.807, 2.05) is 30.5 Å². The van der Waals surface area contributed by atoms with Gasteiger partial charge in [0.1, 0.15) is 12.4 Å². The molecule has 0 saturated carbocycles. The van der Waals surface area contributed by atoms with Gasteiger partial charge in [-0.25, -0.2) is 4.79 Å². The van der Waals surface area contributed by atoms with Crippen molar-refractivity contribution in [3.63, 3.8) is 0 Å². The van der Waals surface area contributed by atoms with Crippen LogP contribution in [0.3, 0.4) is 0 Å². The van der Waals surface area contributed by atoms with Crippen LogP contribution in [0.5, 0.6) is 5.75 Å². The molecule has 0 saturated heterocycles. The molecule has 1 heterocycles. The van der Waals surface area contributed by atoms with E-state index >= 15 is 0 Å². The number of unbranched alkanes of at least 4 members (excludes halogenated alkanes) is 2. The summed E-state index contributed by atoms with van der Waals surface area (Å²) < 4.78 is 33.9. The van der Waals surface area contributed by atoms with E-state index in [0.29, 0.717) is 22.9 Å². The fraction of sp³-hybridized carbons (Fsp3) is 0.536. The molecule has 2 aromatic carbocycles. The van der Waals surface area contributed by atoms with Gasteiger partial charge in [-0.2, -0.15) is 10.6 Å². The summed E-state index contributed by atoms with van der Waals surface area (Å²) >= 11 is 1.46. The first kappa shape index (κ1) is 29.6. The number of rotatable bonds is 12. The number of ether oxygens (including phenoxy) is 2. The maximum absolute atomic E-state index is 11.7. The van der Waals surface area contributed by atoms with Gasteiger partial charge in [-0.1, -0.05) is 57.7 Å². The number of carbonyl (C=O) groups is 1. The number of nitrogens with zero attached hydrogens (tertiary/aromatic N) is 1. The Labute approximate surface area is 226 Å². The van der Waals surface area contributed by atoms with E-state index in [2.05, 4.69) is 35.6 Å². The van der Waals surface area contributed by atoms with Crippen LogP contribution in [0.15, 0.2) is 52.3 Å². The molecule has 0 fully saturated rings. The standard InChI is InChI=1S/C28H41NO6S2/c1-5-7-14-28(15-8-6-2)19-29(21-12-10-9-11-13-21)22-16-25(36-4)24(17-26(22)37(32,33)20-28)35-18-23(30)27(31)34-3/h9-13,16-17,23,30,32-33H,5-8,14-15,18-20H2,1-4H3. The van der Waals surface area contributed by atoms with Gasteiger partial charge in [-0.05, 0) is 37.3 Å². The Balaban J connectivity index is 2.15. The Morgan fingerprint density at radius 1 is 1.14 bits per heavy atom. The molecule has 9 heteroatoms. The minimum absolute atomic E-state index is 0.263. The number of esters is 1. The van der Waals surface area contributed by atoms with Crippen LogP contribution in [0.25, 0.3) is 0 Å². The van der Waals surface area contributed by atoms with Gasteiger partial charge in [0.25, 0.3) is 0 Å². The molecule has 206 valence electrons. The molecule has 1 unspecified atom stereocenters. The number of benzene rings is 2. The SMILES string of the molecule is CCCCC1(CCCC)CN(c2ccccc2)c2cc(SC)c(OCC(O)C(=O)OC)cc2S(O)(O)C1. The molecular weight excluding hydrogens is 510 g/mol. The second kappa shape index (κ2) is 13.2. The van der Waals surface area contributed by atoms with E-state index in [1.54, 1.807) is 6.07 Å². The van der Waals surface area contributed by atoms with Gasteiger partial charge in [-0.15, -0.1) is 11.8 Å². The summed E-state index contributed by atoms with van der Waals surface area (Å²) in [6.07, 6.45) is 6.45. The fourth-order valence-electron chi connectivity index (χ4n) is 4.99. The zero-order chi connectivity index (χ0) is 27.1. The summed E-state index contributed by atoms with van der Waals surface area (Å²) in [5.74, 6) is -0.0902. The van der Waals surface area contributed by atoms with Gasteiger partial charge < -0.3 is 19.5 Å². The Kier molecular flexibility index (Phi) is 10.6. The minimum Gasteiger partial charge on any atom is -0.489 e. The molecule has 1 aliphatic rings. The van der Waals surface area contributed by atoms with E-state index in [4.69, 9.17) is 4.74 Å². The summed E-state index contributed by atoms with van der Waals surface area (Å²) in [5.41, 5.74) is 1.49. The monoisotopic (exact) mass is 551 g/mol. The van der Waals surface area contributed by atoms with Crippen molar-refractivity contribution in [3.8, 4) is 5.75 Å².